The third-order valence-electron chi connectivity index (χ3n) is 4.64. The normalized spacial score (nSPS) is 18.0. The van der Waals surface area contributed by atoms with Crippen LogP contribution in [0.1, 0.15) is 36.0 Å². The fourth-order valence-corrected chi connectivity index (χ4v) is 3.08. The first-order valence-corrected chi connectivity index (χ1v) is 8.67. The van der Waals surface area contributed by atoms with E-state index in [4.69, 9.17) is 9.26 Å². The second-order valence-electron chi connectivity index (χ2n) is 6.77. The number of likely N-dealkylation sites (tertiary alicyclic amines) is 1. The summed E-state index contributed by atoms with van der Waals surface area (Å²) < 4.78 is 10.8. The van der Waals surface area contributed by atoms with Gasteiger partial charge in [0, 0.05) is 31.1 Å². The van der Waals surface area contributed by atoms with Crippen molar-refractivity contribution < 1.29 is 14.1 Å². The molecule has 1 aromatic heterocycles. The standard InChI is InChI=1S/C18H22N4O3/c1-24-15-5-3-2-4-12(15)8-16-20-18(25-21-16)13-9-22(10-13)11-17(23)19-14-6-7-14/h2-5,13-14H,6-11H2,1H3,(H,19,23). The van der Waals surface area contributed by atoms with E-state index in [9.17, 15) is 4.79 Å². The Morgan fingerprint density at radius 3 is 2.92 bits per heavy atom. The van der Waals surface area contributed by atoms with Crippen molar-refractivity contribution >= 4 is 5.91 Å². The average molecular weight is 342 g/mol. The minimum atomic E-state index is 0.114. The molecular formula is C18H22N4O3. The first-order chi connectivity index (χ1) is 12.2. The van der Waals surface area contributed by atoms with Gasteiger partial charge in [0.05, 0.1) is 19.6 Å². The molecule has 0 radical (unpaired) electrons. The first-order valence-electron chi connectivity index (χ1n) is 8.67. The quantitative estimate of drug-likeness (QED) is 0.818. The molecule has 1 saturated carbocycles. The van der Waals surface area contributed by atoms with Gasteiger partial charge in [0.25, 0.3) is 0 Å². The van der Waals surface area contributed by atoms with E-state index in [1.165, 1.54) is 0 Å². The molecule has 2 fully saturated rings. The minimum absolute atomic E-state index is 0.114. The smallest absolute Gasteiger partial charge is 0.234 e. The van der Waals surface area contributed by atoms with Crippen molar-refractivity contribution in [3.63, 3.8) is 0 Å². The van der Waals surface area contributed by atoms with Crippen LogP contribution < -0.4 is 10.1 Å². The van der Waals surface area contributed by atoms with E-state index >= 15 is 0 Å². The lowest BCUT2D eigenvalue weighted by Crippen LogP contribution is -2.49. The highest BCUT2D eigenvalue weighted by molar-refractivity contribution is 5.78. The molecule has 2 heterocycles. The molecule has 4 rings (SSSR count). The summed E-state index contributed by atoms with van der Waals surface area (Å²) in [6.07, 6.45) is 2.81. The number of rotatable bonds is 7. The number of aromatic nitrogens is 2. The number of benzene rings is 1. The van der Waals surface area contributed by atoms with Crippen molar-refractivity contribution in [2.45, 2.75) is 31.2 Å². The monoisotopic (exact) mass is 342 g/mol. The molecule has 7 nitrogen and oxygen atoms in total. The van der Waals surface area contributed by atoms with E-state index in [0.717, 1.165) is 37.2 Å². The number of hydrogen-bond acceptors (Lipinski definition) is 6. The summed E-state index contributed by atoms with van der Waals surface area (Å²) >= 11 is 0. The van der Waals surface area contributed by atoms with Crippen molar-refractivity contribution in [2.24, 2.45) is 0 Å². The second-order valence-corrected chi connectivity index (χ2v) is 6.77. The number of nitrogens with zero attached hydrogens (tertiary/aromatic N) is 3. The van der Waals surface area contributed by atoms with Crippen LogP contribution >= 0.6 is 0 Å². The summed E-state index contributed by atoms with van der Waals surface area (Å²) in [7, 11) is 1.66. The number of ether oxygens (including phenoxy) is 1. The van der Waals surface area contributed by atoms with Gasteiger partial charge in [-0.2, -0.15) is 4.98 Å². The number of para-hydroxylation sites is 1. The van der Waals surface area contributed by atoms with Gasteiger partial charge in [0.2, 0.25) is 11.8 Å². The van der Waals surface area contributed by atoms with Crippen molar-refractivity contribution in [2.75, 3.05) is 26.7 Å². The molecule has 2 aromatic rings. The van der Waals surface area contributed by atoms with E-state index in [1.807, 2.05) is 24.3 Å². The maximum Gasteiger partial charge on any atom is 0.234 e. The summed E-state index contributed by atoms with van der Waals surface area (Å²) in [6.45, 7) is 2.03. The Morgan fingerprint density at radius 2 is 2.16 bits per heavy atom. The lowest BCUT2D eigenvalue weighted by Gasteiger charge is -2.36. The van der Waals surface area contributed by atoms with E-state index < -0.39 is 0 Å². The number of amides is 1. The summed E-state index contributed by atoms with van der Waals surface area (Å²) in [5.41, 5.74) is 1.03. The van der Waals surface area contributed by atoms with Gasteiger partial charge in [0.15, 0.2) is 5.82 Å². The lowest BCUT2D eigenvalue weighted by atomic mass is 10.0. The Balaban J connectivity index is 1.29. The summed E-state index contributed by atoms with van der Waals surface area (Å²) in [5.74, 6) is 2.47. The summed E-state index contributed by atoms with van der Waals surface area (Å²) in [5, 5.41) is 7.09. The molecule has 7 heteroatoms. The van der Waals surface area contributed by atoms with Crippen molar-refractivity contribution in [1.29, 1.82) is 0 Å². The molecule has 1 N–H and O–H groups in total. The number of nitrogens with one attached hydrogen (secondary N) is 1. The van der Waals surface area contributed by atoms with Gasteiger partial charge in [-0.25, -0.2) is 0 Å². The van der Waals surface area contributed by atoms with Crippen LogP contribution in [-0.4, -0.2) is 53.7 Å². The first kappa shape index (κ1) is 16.1. The second kappa shape index (κ2) is 6.84. The third-order valence-corrected chi connectivity index (χ3v) is 4.64. The maximum atomic E-state index is 11.8. The summed E-state index contributed by atoms with van der Waals surface area (Å²) in [4.78, 5) is 18.4. The predicted octanol–water partition coefficient (Wildman–Crippen LogP) is 1.35. The highest BCUT2D eigenvalue weighted by Gasteiger charge is 2.34. The van der Waals surface area contributed by atoms with Gasteiger partial charge in [-0.15, -0.1) is 0 Å². The Kier molecular flexibility index (Phi) is 4.40. The van der Waals surface area contributed by atoms with Gasteiger partial charge in [-0.3, -0.25) is 9.69 Å². The van der Waals surface area contributed by atoms with Crippen LogP contribution in [0.25, 0.3) is 0 Å². The van der Waals surface area contributed by atoms with E-state index in [2.05, 4.69) is 20.4 Å². The molecule has 0 unspecified atom stereocenters. The van der Waals surface area contributed by atoms with Crippen LogP contribution in [0.2, 0.25) is 0 Å². The maximum absolute atomic E-state index is 11.8. The average Bonchev–Trinajstić information content (AvgIpc) is 3.27. The lowest BCUT2D eigenvalue weighted by molar-refractivity contribution is -0.123. The van der Waals surface area contributed by atoms with Crippen LogP contribution in [0.3, 0.4) is 0 Å². The Morgan fingerprint density at radius 1 is 1.36 bits per heavy atom. The zero-order valence-electron chi connectivity index (χ0n) is 14.3. The Hall–Kier alpha value is -2.41. The van der Waals surface area contributed by atoms with Crippen molar-refractivity contribution in [3.8, 4) is 5.75 Å². The number of carbonyl (C=O) groups excluding carboxylic acids is 1. The van der Waals surface area contributed by atoms with Crippen LogP contribution in [0, 0.1) is 0 Å². The Bertz CT molecular complexity index is 750. The zero-order chi connectivity index (χ0) is 17.2. The van der Waals surface area contributed by atoms with Gasteiger partial charge in [-0.05, 0) is 18.9 Å². The fourth-order valence-electron chi connectivity index (χ4n) is 3.08. The van der Waals surface area contributed by atoms with Crippen molar-refractivity contribution in [3.05, 3.63) is 41.5 Å². The van der Waals surface area contributed by atoms with Gasteiger partial charge < -0.3 is 14.6 Å². The van der Waals surface area contributed by atoms with E-state index in [-0.39, 0.29) is 11.8 Å². The number of hydrogen-bond donors (Lipinski definition) is 1. The molecule has 1 aliphatic heterocycles. The molecule has 0 atom stereocenters. The minimum Gasteiger partial charge on any atom is -0.496 e. The molecule has 0 bridgehead atoms. The third kappa shape index (κ3) is 3.82. The molecule has 25 heavy (non-hydrogen) atoms. The highest BCUT2D eigenvalue weighted by Crippen LogP contribution is 2.27. The fraction of sp³-hybridized carbons (Fsp3) is 0.500. The van der Waals surface area contributed by atoms with Gasteiger partial charge >= 0.3 is 0 Å². The van der Waals surface area contributed by atoms with Crippen LogP contribution in [-0.2, 0) is 11.2 Å². The molecule has 1 saturated heterocycles. The molecule has 0 spiro atoms. The molecule has 1 aliphatic carbocycles. The van der Waals surface area contributed by atoms with Gasteiger partial charge in [0.1, 0.15) is 5.75 Å². The van der Waals surface area contributed by atoms with Crippen LogP contribution in [0.5, 0.6) is 5.75 Å². The predicted molar refractivity (Wildman–Crippen MR) is 90.4 cm³/mol. The van der Waals surface area contributed by atoms with Crippen LogP contribution in [0.4, 0.5) is 0 Å². The highest BCUT2D eigenvalue weighted by atomic mass is 16.5. The molecule has 1 aromatic carbocycles. The largest absolute Gasteiger partial charge is 0.496 e. The molecule has 1 amide bonds. The molecular weight excluding hydrogens is 320 g/mol. The SMILES string of the molecule is COc1ccccc1Cc1noc(C2CN(CC(=O)NC3CC3)C2)n1. The molecule has 132 valence electrons. The summed E-state index contributed by atoms with van der Waals surface area (Å²) in [6, 6.07) is 8.24. The van der Waals surface area contributed by atoms with Crippen LogP contribution in [0.15, 0.2) is 28.8 Å². The van der Waals surface area contributed by atoms with Crippen molar-refractivity contribution in [1.82, 2.24) is 20.4 Å². The zero-order valence-corrected chi connectivity index (χ0v) is 14.3. The van der Waals surface area contributed by atoms with E-state index in [1.54, 1.807) is 7.11 Å². The van der Waals surface area contributed by atoms with Gasteiger partial charge in [-0.1, -0.05) is 23.4 Å². The Labute approximate surface area is 146 Å². The number of methoxy groups -OCH3 is 1. The number of carbonyl (C=O) groups is 1. The molecule has 2 aliphatic rings. The topological polar surface area (TPSA) is 80.5 Å². The van der Waals surface area contributed by atoms with E-state index in [0.29, 0.717) is 30.7 Å².